The van der Waals surface area contributed by atoms with Crippen molar-refractivity contribution in [1.82, 2.24) is 25.0 Å². The molecule has 232 valence electrons. The van der Waals surface area contributed by atoms with Crippen LogP contribution in [0.4, 0.5) is 4.39 Å². The number of aromatic amines is 2. The molecule has 2 aliphatic rings. The first-order valence-corrected chi connectivity index (χ1v) is 15.8. The zero-order chi connectivity index (χ0) is 31.3. The van der Waals surface area contributed by atoms with E-state index in [0.717, 1.165) is 22.0 Å². The molecule has 4 heterocycles. The zero-order valence-corrected chi connectivity index (χ0v) is 26.3. The number of likely N-dealkylation sites (tertiary alicyclic amines) is 1. The molecule has 0 aliphatic carbocycles. The van der Waals surface area contributed by atoms with Crippen LogP contribution in [0.1, 0.15) is 88.0 Å². The molecular formula is C35H42FN5O3. The maximum atomic E-state index is 14.2. The van der Waals surface area contributed by atoms with Crippen LogP contribution in [0.5, 0.6) is 0 Å². The van der Waals surface area contributed by atoms with Crippen molar-refractivity contribution in [3.05, 3.63) is 75.0 Å². The van der Waals surface area contributed by atoms with E-state index >= 15 is 0 Å². The van der Waals surface area contributed by atoms with Gasteiger partial charge in [0.2, 0.25) is 11.8 Å². The van der Waals surface area contributed by atoms with Crippen molar-refractivity contribution in [2.24, 2.45) is 11.3 Å². The number of aromatic nitrogens is 3. The van der Waals surface area contributed by atoms with Crippen LogP contribution in [-0.4, -0.2) is 56.4 Å². The lowest BCUT2D eigenvalue weighted by Gasteiger charge is -2.34. The minimum atomic E-state index is -0.452. The molecule has 2 N–H and O–H groups in total. The molecule has 0 radical (unpaired) electrons. The van der Waals surface area contributed by atoms with Crippen molar-refractivity contribution >= 4 is 33.6 Å². The number of nitrogens with one attached hydrogen (secondary N) is 2. The van der Waals surface area contributed by atoms with E-state index in [2.05, 4.69) is 55.9 Å². The van der Waals surface area contributed by atoms with Crippen LogP contribution < -0.4 is 5.56 Å². The van der Waals surface area contributed by atoms with Gasteiger partial charge in [-0.05, 0) is 65.3 Å². The largest absolute Gasteiger partial charge is 0.343 e. The van der Waals surface area contributed by atoms with Crippen LogP contribution in [0.25, 0.3) is 21.8 Å². The highest BCUT2D eigenvalue weighted by atomic mass is 19.1. The van der Waals surface area contributed by atoms with Gasteiger partial charge in [0.1, 0.15) is 5.82 Å². The second kappa shape index (κ2) is 11.5. The molecule has 0 unspecified atom stereocenters. The van der Waals surface area contributed by atoms with Gasteiger partial charge in [-0.15, -0.1) is 0 Å². The van der Waals surface area contributed by atoms with E-state index in [1.54, 1.807) is 18.2 Å². The highest BCUT2D eigenvalue weighted by Crippen LogP contribution is 2.36. The Bertz CT molecular complexity index is 1790. The van der Waals surface area contributed by atoms with Crippen molar-refractivity contribution < 1.29 is 14.0 Å². The highest BCUT2D eigenvalue weighted by molar-refractivity contribution is 5.90. The second-order valence-electron chi connectivity index (χ2n) is 14.2. The number of pyridine rings is 1. The number of para-hydroxylation sites is 1. The fourth-order valence-electron chi connectivity index (χ4n) is 7.12. The normalized spacial score (nSPS) is 18.3. The molecule has 2 aliphatic heterocycles. The third-order valence-corrected chi connectivity index (χ3v) is 9.30. The van der Waals surface area contributed by atoms with E-state index in [1.807, 2.05) is 16.0 Å². The first-order chi connectivity index (χ1) is 20.9. The van der Waals surface area contributed by atoms with Gasteiger partial charge in [0.25, 0.3) is 5.56 Å². The number of benzene rings is 2. The lowest BCUT2D eigenvalue weighted by atomic mass is 9.87. The van der Waals surface area contributed by atoms with Gasteiger partial charge in [0.15, 0.2) is 0 Å². The smallest absolute Gasteiger partial charge is 0.251 e. The van der Waals surface area contributed by atoms with E-state index in [1.165, 1.54) is 11.6 Å². The standard InChI is InChI=1S/C35H42FN5O3/c1-20(2)25-15-23-13-24(34(44)41(19-35(3,4)5)18-28(23)27-17-37-39-32(25)27)16-30(42)40-11-9-21(10-12-40)26-14-22-7-6-8-29(36)31(22)38-33(26)43/h6-8,14-15,17,20-21,24H,9-13,16,18-19H2,1-5H3,(H,37,39)(H,38,43)/t24-/m0/s1. The lowest BCUT2D eigenvalue weighted by molar-refractivity contribution is -0.142. The summed E-state index contributed by atoms with van der Waals surface area (Å²) in [7, 11) is 0. The topological polar surface area (TPSA) is 102 Å². The van der Waals surface area contributed by atoms with Crippen LogP contribution in [-0.2, 0) is 22.6 Å². The van der Waals surface area contributed by atoms with Crippen LogP contribution in [0.3, 0.4) is 0 Å². The molecule has 4 aromatic rings. The van der Waals surface area contributed by atoms with Crippen molar-refractivity contribution in [2.75, 3.05) is 19.6 Å². The minimum Gasteiger partial charge on any atom is -0.343 e. The summed E-state index contributed by atoms with van der Waals surface area (Å²) in [6, 6.07) is 8.77. The van der Waals surface area contributed by atoms with Crippen LogP contribution in [0.2, 0.25) is 0 Å². The molecular weight excluding hydrogens is 557 g/mol. The van der Waals surface area contributed by atoms with Crippen LogP contribution >= 0.6 is 0 Å². The summed E-state index contributed by atoms with van der Waals surface area (Å²) in [6.45, 7) is 12.8. The van der Waals surface area contributed by atoms with E-state index in [0.29, 0.717) is 56.4 Å². The Morgan fingerprint density at radius 1 is 1.11 bits per heavy atom. The summed E-state index contributed by atoms with van der Waals surface area (Å²) in [5, 5.41) is 9.25. The third-order valence-electron chi connectivity index (χ3n) is 9.30. The molecule has 8 nitrogen and oxygen atoms in total. The lowest BCUT2D eigenvalue weighted by Crippen LogP contribution is -2.43. The molecule has 9 heteroatoms. The number of amides is 2. The molecule has 2 amide bonds. The highest BCUT2D eigenvalue weighted by Gasteiger charge is 2.36. The fraction of sp³-hybridized carbons (Fsp3) is 0.486. The quantitative estimate of drug-likeness (QED) is 0.293. The minimum absolute atomic E-state index is 0.0176. The summed E-state index contributed by atoms with van der Waals surface area (Å²) >= 11 is 0. The van der Waals surface area contributed by atoms with Gasteiger partial charge < -0.3 is 14.8 Å². The van der Waals surface area contributed by atoms with Gasteiger partial charge >= 0.3 is 0 Å². The molecule has 6 rings (SSSR count). The van der Waals surface area contributed by atoms with Gasteiger partial charge in [-0.3, -0.25) is 19.5 Å². The molecule has 2 aromatic carbocycles. The Hall–Kier alpha value is -4.01. The number of carbonyl (C=O) groups excluding carboxylic acids is 2. The number of carbonyl (C=O) groups is 2. The van der Waals surface area contributed by atoms with Gasteiger partial charge in [0, 0.05) is 48.9 Å². The predicted octanol–water partition coefficient (Wildman–Crippen LogP) is 6.01. The maximum absolute atomic E-state index is 14.2. The number of hydrogen-bond donors (Lipinski definition) is 2. The van der Waals surface area contributed by atoms with Crippen LogP contribution in [0, 0.1) is 17.2 Å². The SMILES string of the molecule is CC(C)c1cc2c(c3cn[nH]c13)CN(CC(C)(C)C)C(=O)[C@H](CC(=O)N1CCC(c3cc4cccc(F)c4[nH]c3=O)CC1)C2. The van der Waals surface area contributed by atoms with Gasteiger partial charge in [-0.25, -0.2) is 4.39 Å². The molecule has 1 saturated heterocycles. The molecule has 1 fully saturated rings. The Balaban J connectivity index is 1.22. The number of piperidine rings is 1. The van der Waals surface area contributed by atoms with Gasteiger partial charge in [0.05, 0.1) is 23.1 Å². The first kappa shape index (κ1) is 30.0. The van der Waals surface area contributed by atoms with E-state index in [-0.39, 0.29) is 46.6 Å². The van der Waals surface area contributed by atoms with Crippen LogP contribution in [0.15, 0.2) is 41.3 Å². The van der Waals surface area contributed by atoms with E-state index in [9.17, 15) is 18.8 Å². The van der Waals surface area contributed by atoms with Gasteiger partial charge in [-0.2, -0.15) is 5.10 Å². The Labute approximate surface area is 257 Å². The number of fused-ring (bicyclic) bond motifs is 4. The number of halogens is 1. The summed E-state index contributed by atoms with van der Waals surface area (Å²) in [4.78, 5) is 47.1. The Morgan fingerprint density at radius 2 is 1.86 bits per heavy atom. The second-order valence-corrected chi connectivity index (χ2v) is 14.2. The van der Waals surface area contributed by atoms with Crippen molar-refractivity contribution in [3.8, 4) is 0 Å². The predicted molar refractivity (Wildman–Crippen MR) is 170 cm³/mol. The summed E-state index contributed by atoms with van der Waals surface area (Å²) in [5.74, 6) is -0.635. The average molecular weight is 600 g/mol. The summed E-state index contributed by atoms with van der Waals surface area (Å²) < 4.78 is 14.2. The van der Waals surface area contributed by atoms with Gasteiger partial charge in [-0.1, -0.05) is 52.8 Å². The first-order valence-electron chi connectivity index (χ1n) is 15.8. The molecule has 44 heavy (non-hydrogen) atoms. The number of nitrogens with zero attached hydrogens (tertiary/aromatic N) is 3. The summed E-state index contributed by atoms with van der Waals surface area (Å²) in [6.07, 6.45) is 3.82. The van der Waals surface area contributed by atoms with Crippen molar-refractivity contribution in [2.45, 2.75) is 78.7 Å². The fourth-order valence-corrected chi connectivity index (χ4v) is 7.12. The third kappa shape index (κ3) is 5.76. The molecule has 1 atom stereocenters. The van der Waals surface area contributed by atoms with Crippen molar-refractivity contribution in [1.29, 1.82) is 0 Å². The Morgan fingerprint density at radius 3 is 2.57 bits per heavy atom. The number of hydrogen-bond acceptors (Lipinski definition) is 4. The molecule has 0 spiro atoms. The van der Waals surface area contributed by atoms with E-state index in [4.69, 9.17) is 0 Å². The zero-order valence-electron chi connectivity index (χ0n) is 26.3. The molecule has 0 bridgehead atoms. The number of H-pyrrole nitrogens is 2. The number of rotatable bonds is 5. The average Bonchev–Trinajstić information content (AvgIpc) is 3.42. The van der Waals surface area contributed by atoms with E-state index < -0.39 is 11.7 Å². The monoisotopic (exact) mass is 599 g/mol. The Kier molecular flexibility index (Phi) is 7.84. The summed E-state index contributed by atoms with van der Waals surface area (Å²) in [5.41, 5.74) is 4.91. The molecule has 2 aromatic heterocycles. The maximum Gasteiger partial charge on any atom is 0.251 e. The van der Waals surface area contributed by atoms with Crippen molar-refractivity contribution in [3.63, 3.8) is 0 Å². The molecule has 0 saturated carbocycles.